The molecule has 1 unspecified atom stereocenters. The summed E-state index contributed by atoms with van der Waals surface area (Å²) in [5.74, 6) is 5.36. The van der Waals surface area contributed by atoms with Gasteiger partial charge in [0.05, 0.1) is 29.5 Å². The molecule has 3 aromatic rings. The first-order valence-electron chi connectivity index (χ1n) is 11.4. The molecule has 1 saturated carbocycles. The zero-order valence-corrected chi connectivity index (χ0v) is 20.6. The van der Waals surface area contributed by atoms with E-state index in [9.17, 15) is 18.7 Å². The van der Waals surface area contributed by atoms with E-state index >= 15 is 0 Å². The number of hydrazone groups is 1. The molecule has 1 atom stereocenters. The first kappa shape index (κ1) is 24.2. The van der Waals surface area contributed by atoms with Crippen LogP contribution in [0.2, 0.25) is 0 Å². The lowest BCUT2D eigenvalue weighted by Gasteiger charge is -2.17. The number of fused-ring (bicyclic) bond motifs is 3. The summed E-state index contributed by atoms with van der Waals surface area (Å²) >= 11 is 1.04. The van der Waals surface area contributed by atoms with Crippen LogP contribution in [0, 0.1) is 5.92 Å². The first-order valence-corrected chi connectivity index (χ1v) is 12.3. The lowest BCUT2D eigenvalue weighted by atomic mass is 9.98. The van der Waals surface area contributed by atoms with Gasteiger partial charge in [-0.3, -0.25) is 9.36 Å². The number of aromatic nitrogens is 2. The maximum Gasteiger partial charge on any atom is 0.263 e. The number of ether oxygens (including phenoxy) is 1. The van der Waals surface area contributed by atoms with Gasteiger partial charge in [-0.05, 0) is 48.9 Å². The summed E-state index contributed by atoms with van der Waals surface area (Å²) in [7, 11) is 3.10. The number of thiophene rings is 1. The maximum atomic E-state index is 13.9. The second kappa shape index (κ2) is 9.17. The van der Waals surface area contributed by atoms with Crippen LogP contribution in [0.3, 0.4) is 0 Å². The molecule has 9 nitrogen and oxygen atoms in total. The molecular weight excluding hydrogens is 490 g/mol. The first-order chi connectivity index (χ1) is 17.2. The highest BCUT2D eigenvalue weighted by molar-refractivity contribution is 7.16. The minimum absolute atomic E-state index is 0.0740. The van der Waals surface area contributed by atoms with Crippen LogP contribution >= 0.6 is 11.3 Å². The molecule has 0 saturated heterocycles. The van der Waals surface area contributed by atoms with Crippen molar-refractivity contribution in [3.05, 3.63) is 43.9 Å². The van der Waals surface area contributed by atoms with Gasteiger partial charge < -0.3 is 15.6 Å². The fourth-order valence-electron chi connectivity index (χ4n) is 4.59. The predicted molar refractivity (Wildman–Crippen MR) is 135 cm³/mol. The Hall–Kier alpha value is -3.51. The standard InChI is InChI=1S/C24H26F2N6O3S/c1-31(28)30-17(27)10-32-22(13-6-5-12(35-2)9-16(13)11-3-4-11)29-23-18(24(32)34)14-7-8-15(21(25)26)19(33)20(14)36-23/h5-7,9,11,15,21,33H,3-4,8,10,28H2,1-2H3,(H2,27,30). The lowest BCUT2D eigenvalue weighted by Crippen LogP contribution is -2.37. The third-order valence-electron chi connectivity index (χ3n) is 6.44. The van der Waals surface area contributed by atoms with Crippen LogP contribution in [-0.4, -0.2) is 46.2 Å². The van der Waals surface area contributed by atoms with E-state index in [0.717, 1.165) is 40.4 Å². The molecule has 0 aliphatic heterocycles. The lowest BCUT2D eigenvalue weighted by molar-refractivity contribution is 0.0942. The third kappa shape index (κ3) is 4.20. The number of aliphatic hydroxyl groups excluding tert-OH is 1. The second-order valence-electron chi connectivity index (χ2n) is 9.01. The SMILES string of the molecule is COc1ccc(-c2nc3sc4c(c3c(=O)n2C/C(N)=N/N(C)N)=CCC(C(F)F)C=4O)c(C2CC2)c1. The Labute approximate surface area is 208 Å². The molecule has 190 valence electrons. The topological polar surface area (TPSA) is 132 Å². The van der Waals surface area contributed by atoms with Crippen molar-refractivity contribution in [3.63, 3.8) is 0 Å². The highest BCUT2D eigenvalue weighted by Gasteiger charge is 2.31. The molecule has 5 N–H and O–H groups in total. The number of hydrogen-bond donors (Lipinski definition) is 3. The molecule has 2 aromatic heterocycles. The van der Waals surface area contributed by atoms with Gasteiger partial charge in [-0.15, -0.1) is 16.4 Å². The Morgan fingerprint density at radius 3 is 2.81 bits per heavy atom. The molecule has 5 rings (SSSR count). The van der Waals surface area contributed by atoms with E-state index in [-0.39, 0.29) is 28.7 Å². The van der Waals surface area contributed by atoms with Gasteiger partial charge in [0.15, 0.2) is 0 Å². The fourth-order valence-corrected chi connectivity index (χ4v) is 5.76. The Balaban J connectivity index is 1.82. The molecule has 12 heteroatoms. The minimum Gasteiger partial charge on any atom is -0.510 e. The molecule has 0 radical (unpaired) electrons. The van der Waals surface area contributed by atoms with Crippen molar-refractivity contribution in [1.29, 1.82) is 0 Å². The van der Waals surface area contributed by atoms with Crippen LogP contribution in [0.4, 0.5) is 8.78 Å². The third-order valence-corrected chi connectivity index (χ3v) is 7.56. The number of nitrogens with two attached hydrogens (primary N) is 2. The Morgan fingerprint density at radius 1 is 1.42 bits per heavy atom. The largest absolute Gasteiger partial charge is 0.510 e. The van der Waals surface area contributed by atoms with Crippen LogP contribution in [0.25, 0.3) is 33.4 Å². The number of methoxy groups -OCH3 is 1. The number of hydrazine groups is 1. The van der Waals surface area contributed by atoms with E-state index < -0.39 is 23.7 Å². The van der Waals surface area contributed by atoms with Gasteiger partial charge in [-0.25, -0.2) is 24.7 Å². The van der Waals surface area contributed by atoms with Gasteiger partial charge in [0, 0.05) is 17.8 Å². The number of amidine groups is 1. The van der Waals surface area contributed by atoms with Gasteiger partial charge in [0.2, 0.25) is 6.43 Å². The van der Waals surface area contributed by atoms with E-state index in [1.807, 2.05) is 12.1 Å². The number of benzene rings is 1. The zero-order chi connectivity index (χ0) is 25.7. The van der Waals surface area contributed by atoms with Crippen molar-refractivity contribution in [3.8, 4) is 17.1 Å². The summed E-state index contributed by atoms with van der Waals surface area (Å²) in [6, 6.07) is 5.60. The van der Waals surface area contributed by atoms with Crippen molar-refractivity contribution in [2.75, 3.05) is 14.2 Å². The molecule has 0 amide bonds. The van der Waals surface area contributed by atoms with E-state index in [1.54, 1.807) is 19.3 Å². The molecule has 0 spiro atoms. The Kier molecular flexibility index (Phi) is 6.17. The summed E-state index contributed by atoms with van der Waals surface area (Å²) in [5, 5.41) is 16.3. The van der Waals surface area contributed by atoms with E-state index in [1.165, 1.54) is 11.6 Å². The monoisotopic (exact) mass is 516 g/mol. The summed E-state index contributed by atoms with van der Waals surface area (Å²) in [6.07, 6.45) is 0.800. The number of nitrogens with zero attached hydrogens (tertiary/aromatic N) is 4. The summed E-state index contributed by atoms with van der Waals surface area (Å²) in [5.41, 5.74) is 7.45. The average Bonchev–Trinajstić information content (AvgIpc) is 3.60. The van der Waals surface area contributed by atoms with Crippen LogP contribution in [-0.2, 0) is 6.54 Å². The minimum atomic E-state index is -2.72. The molecule has 2 aliphatic rings. The Morgan fingerprint density at radius 2 is 2.17 bits per heavy atom. The second-order valence-corrected chi connectivity index (χ2v) is 10.0. The number of hydrogen-bond acceptors (Lipinski definition) is 8. The van der Waals surface area contributed by atoms with Crippen LogP contribution in [0.5, 0.6) is 5.75 Å². The van der Waals surface area contributed by atoms with Crippen molar-refractivity contribution >= 4 is 39.2 Å². The van der Waals surface area contributed by atoms with E-state index in [4.69, 9.17) is 21.3 Å². The van der Waals surface area contributed by atoms with Gasteiger partial charge in [0.1, 0.15) is 28.0 Å². The summed E-state index contributed by atoms with van der Waals surface area (Å²) < 4.78 is 34.0. The van der Waals surface area contributed by atoms with Crippen LogP contribution in [0.15, 0.2) is 28.1 Å². The average molecular weight is 517 g/mol. The van der Waals surface area contributed by atoms with E-state index in [2.05, 4.69) is 5.10 Å². The molecule has 0 bridgehead atoms. The normalized spacial score (nSPS) is 17.9. The highest BCUT2D eigenvalue weighted by Crippen LogP contribution is 2.45. The van der Waals surface area contributed by atoms with Crippen LogP contribution in [0.1, 0.15) is 30.7 Å². The quantitative estimate of drug-likeness (QED) is 0.189. The fraction of sp³-hybridized carbons (Fsp3) is 0.375. The molecular formula is C24H26F2N6O3S. The summed E-state index contributed by atoms with van der Waals surface area (Å²) in [4.78, 5) is 19.1. The van der Waals surface area contributed by atoms with Gasteiger partial charge in [-0.1, -0.05) is 6.08 Å². The highest BCUT2D eigenvalue weighted by atomic mass is 32.1. The van der Waals surface area contributed by atoms with E-state index in [0.29, 0.717) is 27.5 Å². The number of aliphatic hydroxyl groups is 1. The van der Waals surface area contributed by atoms with Crippen molar-refractivity contribution in [2.45, 2.75) is 38.2 Å². The molecule has 1 aromatic carbocycles. The number of alkyl halides is 2. The van der Waals surface area contributed by atoms with Gasteiger partial charge in [0.25, 0.3) is 5.56 Å². The molecule has 1 fully saturated rings. The van der Waals surface area contributed by atoms with Gasteiger partial charge in [-0.2, -0.15) is 0 Å². The van der Waals surface area contributed by atoms with Crippen molar-refractivity contribution < 1.29 is 18.6 Å². The molecule has 2 heterocycles. The molecule has 2 aliphatic carbocycles. The zero-order valence-electron chi connectivity index (χ0n) is 19.7. The molecule has 36 heavy (non-hydrogen) atoms. The van der Waals surface area contributed by atoms with Crippen molar-refractivity contribution in [1.82, 2.24) is 14.7 Å². The number of rotatable bonds is 7. The maximum absolute atomic E-state index is 13.9. The number of halogens is 2. The van der Waals surface area contributed by atoms with Gasteiger partial charge >= 0.3 is 0 Å². The van der Waals surface area contributed by atoms with Crippen LogP contribution < -0.4 is 31.6 Å². The summed E-state index contributed by atoms with van der Waals surface area (Å²) in [6.45, 7) is -0.0885. The Bertz CT molecular complexity index is 1560. The van der Waals surface area contributed by atoms with Crippen molar-refractivity contribution in [2.24, 2.45) is 22.6 Å². The predicted octanol–water partition coefficient (Wildman–Crippen LogP) is 1.82. The smallest absolute Gasteiger partial charge is 0.263 e.